The molecule has 124 valence electrons. The van der Waals surface area contributed by atoms with Crippen molar-refractivity contribution in [2.45, 2.75) is 17.2 Å². The minimum Gasteiger partial charge on any atom is -0.246 e. The molecule has 1 aliphatic rings. The number of rotatable bonds is 4. The Balaban J connectivity index is 1.47. The second kappa shape index (κ2) is 5.80. The van der Waals surface area contributed by atoms with Gasteiger partial charge in [0.2, 0.25) is 0 Å². The van der Waals surface area contributed by atoms with Crippen LogP contribution in [0.25, 0.3) is 11.3 Å². The van der Waals surface area contributed by atoms with Crippen molar-refractivity contribution in [3.05, 3.63) is 53.5 Å². The zero-order chi connectivity index (χ0) is 16.7. The van der Waals surface area contributed by atoms with Gasteiger partial charge in [-0.05, 0) is 19.1 Å². The van der Waals surface area contributed by atoms with Gasteiger partial charge < -0.3 is 0 Å². The van der Waals surface area contributed by atoms with E-state index in [-0.39, 0.29) is 6.04 Å². The van der Waals surface area contributed by atoms with Crippen molar-refractivity contribution in [1.29, 1.82) is 0 Å². The third-order valence-electron chi connectivity index (χ3n) is 4.09. The molecule has 0 radical (unpaired) electrons. The molecule has 2 aromatic heterocycles. The second-order valence-electron chi connectivity index (χ2n) is 5.79. The SMILES string of the molecule is Cc1ccc(S(=O)(=O)N2CC(n3cc(-c4ccccc4)nn3)C2)s1. The van der Waals surface area contributed by atoms with Gasteiger partial charge in [-0.25, -0.2) is 13.1 Å². The lowest BCUT2D eigenvalue weighted by atomic mass is 10.1. The minimum absolute atomic E-state index is 0.0331. The minimum atomic E-state index is -3.38. The molecule has 0 aliphatic carbocycles. The van der Waals surface area contributed by atoms with Gasteiger partial charge in [-0.15, -0.1) is 16.4 Å². The number of thiophene rings is 1. The van der Waals surface area contributed by atoms with Crippen LogP contribution >= 0.6 is 11.3 Å². The molecule has 8 heteroatoms. The normalized spacial score (nSPS) is 16.2. The van der Waals surface area contributed by atoms with E-state index in [9.17, 15) is 8.42 Å². The van der Waals surface area contributed by atoms with Crippen molar-refractivity contribution in [3.63, 3.8) is 0 Å². The summed E-state index contributed by atoms with van der Waals surface area (Å²) in [6.07, 6.45) is 1.87. The van der Waals surface area contributed by atoms with E-state index in [2.05, 4.69) is 10.3 Å². The first-order chi connectivity index (χ1) is 11.5. The van der Waals surface area contributed by atoms with E-state index in [1.165, 1.54) is 15.6 Å². The van der Waals surface area contributed by atoms with Gasteiger partial charge >= 0.3 is 0 Å². The van der Waals surface area contributed by atoms with Gasteiger partial charge in [-0.2, -0.15) is 4.31 Å². The maximum Gasteiger partial charge on any atom is 0.252 e. The van der Waals surface area contributed by atoms with Crippen LogP contribution in [0.15, 0.2) is 52.9 Å². The maximum absolute atomic E-state index is 12.5. The molecule has 0 spiro atoms. The molecule has 0 unspecified atom stereocenters. The first-order valence-corrected chi connectivity index (χ1v) is 9.83. The van der Waals surface area contributed by atoms with E-state index in [0.717, 1.165) is 16.1 Å². The van der Waals surface area contributed by atoms with Crippen molar-refractivity contribution in [1.82, 2.24) is 19.3 Å². The highest BCUT2D eigenvalue weighted by atomic mass is 32.2. The van der Waals surface area contributed by atoms with E-state index in [1.54, 1.807) is 10.7 Å². The van der Waals surface area contributed by atoms with Gasteiger partial charge in [-0.1, -0.05) is 35.5 Å². The van der Waals surface area contributed by atoms with Crippen molar-refractivity contribution in [2.24, 2.45) is 0 Å². The lowest BCUT2D eigenvalue weighted by molar-refractivity contribution is 0.189. The lowest BCUT2D eigenvalue weighted by Gasteiger charge is -2.37. The molecule has 0 amide bonds. The predicted octanol–water partition coefficient (Wildman–Crippen LogP) is 2.56. The van der Waals surface area contributed by atoms with E-state index in [1.807, 2.05) is 49.5 Å². The van der Waals surface area contributed by atoms with Crippen molar-refractivity contribution in [3.8, 4) is 11.3 Å². The molecule has 3 heterocycles. The number of hydrogen-bond donors (Lipinski definition) is 0. The van der Waals surface area contributed by atoms with Crippen molar-refractivity contribution in [2.75, 3.05) is 13.1 Å². The third kappa shape index (κ3) is 2.66. The molecule has 6 nitrogen and oxygen atoms in total. The molecule has 1 aromatic carbocycles. The van der Waals surface area contributed by atoms with Crippen LogP contribution in [0.4, 0.5) is 0 Å². The smallest absolute Gasteiger partial charge is 0.246 e. The summed E-state index contributed by atoms with van der Waals surface area (Å²) >= 11 is 1.31. The van der Waals surface area contributed by atoms with E-state index >= 15 is 0 Å². The van der Waals surface area contributed by atoms with Crippen LogP contribution in [0.2, 0.25) is 0 Å². The van der Waals surface area contributed by atoms with Gasteiger partial charge in [0.25, 0.3) is 10.0 Å². The van der Waals surface area contributed by atoms with E-state index < -0.39 is 10.0 Å². The summed E-state index contributed by atoms with van der Waals surface area (Å²) in [5.41, 5.74) is 1.80. The Morgan fingerprint density at radius 3 is 2.54 bits per heavy atom. The zero-order valence-corrected chi connectivity index (χ0v) is 14.7. The molecule has 24 heavy (non-hydrogen) atoms. The van der Waals surface area contributed by atoms with Gasteiger partial charge in [0, 0.05) is 23.5 Å². The number of nitrogens with zero attached hydrogens (tertiary/aromatic N) is 4. The Kier molecular flexibility index (Phi) is 3.75. The van der Waals surface area contributed by atoms with Crippen LogP contribution in [0, 0.1) is 6.92 Å². The highest BCUT2D eigenvalue weighted by molar-refractivity contribution is 7.91. The van der Waals surface area contributed by atoms with Crippen LogP contribution in [0.3, 0.4) is 0 Å². The van der Waals surface area contributed by atoms with Crippen molar-refractivity contribution < 1.29 is 8.42 Å². The van der Waals surface area contributed by atoms with Crippen LogP contribution < -0.4 is 0 Å². The molecule has 0 saturated carbocycles. The molecular weight excluding hydrogens is 344 g/mol. The number of aryl methyl sites for hydroxylation is 1. The first kappa shape index (κ1) is 15.5. The Hall–Kier alpha value is -2.03. The monoisotopic (exact) mass is 360 g/mol. The summed E-state index contributed by atoms with van der Waals surface area (Å²) in [4.78, 5) is 0.995. The lowest BCUT2D eigenvalue weighted by Crippen LogP contribution is -2.50. The van der Waals surface area contributed by atoms with Gasteiger partial charge in [-0.3, -0.25) is 0 Å². The Morgan fingerprint density at radius 2 is 1.88 bits per heavy atom. The fourth-order valence-corrected chi connectivity index (χ4v) is 5.61. The summed E-state index contributed by atoms with van der Waals surface area (Å²) in [5.74, 6) is 0. The van der Waals surface area contributed by atoms with Crippen LogP contribution in [0.1, 0.15) is 10.9 Å². The molecule has 0 atom stereocenters. The Bertz CT molecular complexity index is 957. The van der Waals surface area contributed by atoms with Crippen LogP contribution in [-0.2, 0) is 10.0 Å². The van der Waals surface area contributed by atoms with E-state index in [0.29, 0.717) is 17.3 Å². The van der Waals surface area contributed by atoms with Crippen molar-refractivity contribution >= 4 is 21.4 Å². The summed E-state index contributed by atoms with van der Waals surface area (Å²) in [6.45, 7) is 2.76. The maximum atomic E-state index is 12.5. The van der Waals surface area contributed by atoms with Gasteiger partial charge in [0.05, 0.1) is 12.2 Å². The number of hydrogen-bond acceptors (Lipinski definition) is 5. The average Bonchev–Trinajstić information content (AvgIpc) is 3.16. The quantitative estimate of drug-likeness (QED) is 0.717. The predicted molar refractivity (Wildman–Crippen MR) is 92.3 cm³/mol. The fourth-order valence-electron chi connectivity index (χ4n) is 2.65. The summed E-state index contributed by atoms with van der Waals surface area (Å²) in [5, 5.41) is 8.34. The van der Waals surface area contributed by atoms with Crippen LogP contribution in [-0.4, -0.2) is 40.8 Å². The number of sulfonamides is 1. The molecule has 0 bridgehead atoms. The second-order valence-corrected chi connectivity index (χ2v) is 9.24. The summed E-state index contributed by atoms with van der Waals surface area (Å²) < 4.78 is 28.7. The molecule has 3 aromatic rings. The molecule has 1 fully saturated rings. The van der Waals surface area contributed by atoms with Crippen LogP contribution in [0.5, 0.6) is 0 Å². The van der Waals surface area contributed by atoms with E-state index in [4.69, 9.17) is 0 Å². The van der Waals surface area contributed by atoms with Gasteiger partial charge in [0.1, 0.15) is 9.90 Å². The molecule has 1 aliphatic heterocycles. The number of benzene rings is 1. The van der Waals surface area contributed by atoms with Gasteiger partial charge in [0.15, 0.2) is 0 Å². The first-order valence-electron chi connectivity index (χ1n) is 7.58. The average molecular weight is 360 g/mol. The summed E-state index contributed by atoms with van der Waals surface area (Å²) in [6, 6.07) is 13.4. The molecule has 0 N–H and O–H groups in total. The number of aromatic nitrogens is 3. The third-order valence-corrected chi connectivity index (χ3v) is 7.39. The Morgan fingerprint density at radius 1 is 1.12 bits per heavy atom. The fraction of sp³-hybridized carbons (Fsp3) is 0.250. The Labute approximate surface area is 144 Å². The molecule has 1 saturated heterocycles. The largest absolute Gasteiger partial charge is 0.252 e. The topological polar surface area (TPSA) is 68.1 Å². The summed E-state index contributed by atoms with van der Waals surface area (Å²) in [7, 11) is -3.38. The molecule has 4 rings (SSSR count). The highest BCUT2D eigenvalue weighted by Gasteiger charge is 2.39. The zero-order valence-electron chi connectivity index (χ0n) is 13.0. The standard InChI is InChI=1S/C16H16N4O2S2/c1-12-7-8-16(23-12)24(21,22)19-9-14(10-19)20-11-15(17-18-20)13-5-3-2-4-6-13/h2-8,11,14H,9-10H2,1H3. The highest BCUT2D eigenvalue weighted by Crippen LogP contribution is 2.31. The molecular formula is C16H16N4O2S2.